The molecule has 0 aliphatic heterocycles. The van der Waals surface area contributed by atoms with Crippen molar-refractivity contribution < 1.29 is 9.00 Å². The number of Topliss-reactive ketones (excluding diaryl/α,β-unsaturated/α-hetero) is 1. The fraction of sp³-hybridized carbons (Fsp3) is 0.417. The highest BCUT2D eigenvalue weighted by atomic mass is 127. The minimum absolute atomic E-state index is 0.0433. The van der Waals surface area contributed by atoms with E-state index in [9.17, 15) is 9.00 Å². The van der Waals surface area contributed by atoms with Gasteiger partial charge in [-0.25, -0.2) is 0 Å². The van der Waals surface area contributed by atoms with Crippen molar-refractivity contribution in [2.75, 3.05) is 5.75 Å². The van der Waals surface area contributed by atoms with Gasteiger partial charge in [-0.15, -0.1) is 0 Å². The molecule has 0 unspecified atom stereocenters. The molecule has 88 valence electrons. The monoisotopic (exact) mass is 350 g/mol. The van der Waals surface area contributed by atoms with Gasteiger partial charge in [0, 0.05) is 24.7 Å². The number of rotatable bonds is 3. The van der Waals surface area contributed by atoms with Gasteiger partial charge in [-0.1, -0.05) is 18.2 Å². The number of halogens is 1. The van der Waals surface area contributed by atoms with E-state index in [1.807, 2.05) is 39.0 Å². The third kappa shape index (κ3) is 3.66. The van der Waals surface area contributed by atoms with Gasteiger partial charge < -0.3 is 0 Å². The van der Waals surface area contributed by atoms with Gasteiger partial charge in [0.05, 0.1) is 5.75 Å². The fourth-order valence-corrected chi connectivity index (χ4v) is 2.62. The molecule has 2 nitrogen and oxygen atoms in total. The van der Waals surface area contributed by atoms with E-state index >= 15 is 0 Å². The van der Waals surface area contributed by atoms with Gasteiger partial charge in [-0.05, 0) is 49.4 Å². The molecule has 4 heteroatoms. The summed E-state index contributed by atoms with van der Waals surface area (Å²) in [5, 5.41) is 0. The van der Waals surface area contributed by atoms with Crippen molar-refractivity contribution in [1.29, 1.82) is 0 Å². The first kappa shape index (κ1) is 13.8. The lowest BCUT2D eigenvalue weighted by Crippen LogP contribution is -2.27. The van der Waals surface area contributed by atoms with Gasteiger partial charge in [0.1, 0.15) is 0 Å². The highest BCUT2D eigenvalue weighted by molar-refractivity contribution is 14.1. The molecule has 0 N–H and O–H groups in total. The Morgan fingerprint density at radius 1 is 1.31 bits per heavy atom. The van der Waals surface area contributed by atoms with Gasteiger partial charge in [0.2, 0.25) is 0 Å². The predicted molar refractivity (Wildman–Crippen MR) is 76.3 cm³/mol. The minimum Gasteiger partial charge on any atom is -0.293 e. The number of benzene rings is 1. The number of carbonyl (C=O) groups excluding carboxylic acids is 1. The second-order valence-electron chi connectivity index (χ2n) is 4.51. The summed E-state index contributed by atoms with van der Waals surface area (Å²) in [4.78, 5) is 11.9. The van der Waals surface area contributed by atoms with Gasteiger partial charge >= 0.3 is 0 Å². The van der Waals surface area contributed by atoms with Crippen LogP contribution in [0.1, 0.15) is 31.1 Å². The fourth-order valence-electron chi connectivity index (χ4n) is 1.10. The number of ketones is 1. The molecule has 0 spiro atoms. The largest absolute Gasteiger partial charge is 0.293 e. The van der Waals surface area contributed by atoms with Gasteiger partial charge in [0.15, 0.2) is 5.78 Å². The average Bonchev–Trinajstić information content (AvgIpc) is 2.16. The lowest BCUT2D eigenvalue weighted by atomic mass is 10.1. The van der Waals surface area contributed by atoms with Gasteiger partial charge in [0.25, 0.3) is 0 Å². The molecule has 0 fully saturated rings. The topological polar surface area (TPSA) is 34.1 Å². The molecule has 0 aliphatic rings. The normalized spacial score (nSPS) is 13.5. The Bertz CT molecular complexity index is 421. The van der Waals surface area contributed by atoms with E-state index in [0.717, 1.165) is 3.57 Å². The van der Waals surface area contributed by atoms with Crippen LogP contribution in [0.3, 0.4) is 0 Å². The highest BCUT2D eigenvalue weighted by Crippen LogP contribution is 2.16. The Kier molecular flexibility index (Phi) is 4.67. The maximum Gasteiger partial charge on any atom is 0.176 e. The summed E-state index contributed by atoms with van der Waals surface area (Å²) in [6, 6.07) is 7.38. The highest BCUT2D eigenvalue weighted by Gasteiger charge is 2.23. The molecule has 1 atom stereocenters. The number of hydrogen-bond donors (Lipinski definition) is 0. The summed E-state index contributed by atoms with van der Waals surface area (Å²) < 4.78 is 12.4. The molecule has 1 rings (SSSR count). The van der Waals surface area contributed by atoms with Crippen LogP contribution < -0.4 is 0 Å². The van der Waals surface area contributed by atoms with Crippen LogP contribution in [-0.4, -0.2) is 20.5 Å². The van der Waals surface area contributed by atoms with Crippen molar-refractivity contribution in [3.8, 4) is 0 Å². The molecule has 0 heterocycles. The molecule has 16 heavy (non-hydrogen) atoms. The SMILES string of the molecule is CC(C)(C)[S@](=O)CC(=O)c1ccccc1I. The molecular weight excluding hydrogens is 335 g/mol. The van der Waals surface area contributed by atoms with Crippen molar-refractivity contribution >= 4 is 39.2 Å². The van der Waals surface area contributed by atoms with E-state index in [4.69, 9.17) is 0 Å². The van der Waals surface area contributed by atoms with Crippen LogP contribution in [0.4, 0.5) is 0 Å². The van der Waals surface area contributed by atoms with Gasteiger partial charge in [-0.3, -0.25) is 9.00 Å². The van der Waals surface area contributed by atoms with Crippen molar-refractivity contribution in [3.05, 3.63) is 33.4 Å². The van der Waals surface area contributed by atoms with Crippen molar-refractivity contribution in [2.45, 2.75) is 25.5 Å². The van der Waals surface area contributed by atoms with E-state index in [-0.39, 0.29) is 16.3 Å². The minimum atomic E-state index is -1.13. The maximum absolute atomic E-state index is 11.9. The van der Waals surface area contributed by atoms with Crippen molar-refractivity contribution in [3.63, 3.8) is 0 Å². The summed E-state index contributed by atoms with van der Waals surface area (Å²) in [5.41, 5.74) is 0.667. The molecule has 1 aromatic carbocycles. The molecular formula is C12H15IO2S. The third-order valence-electron chi connectivity index (χ3n) is 2.12. The van der Waals surface area contributed by atoms with Crippen LogP contribution in [0, 0.1) is 3.57 Å². The summed E-state index contributed by atoms with van der Waals surface area (Å²) >= 11 is 2.12. The lowest BCUT2D eigenvalue weighted by Gasteiger charge is -2.17. The van der Waals surface area contributed by atoms with Crippen molar-refractivity contribution in [1.82, 2.24) is 0 Å². The summed E-state index contributed by atoms with van der Waals surface area (Å²) in [7, 11) is -1.13. The smallest absolute Gasteiger partial charge is 0.176 e. The molecule has 0 saturated carbocycles. The Balaban J connectivity index is 2.82. The van der Waals surface area contributed by atoms with Crippen LogP contribution in [0.2, 0.25) is 0 Å². The predicted octanol–water partition coefficient (Wildman–Crippen LogP) is 3.02. The molecule has 0 amide bonds. The third-order valence-corrected chi connectivity index (χ3v) is 4.95. The molecule has 0 saturated heterocycles. The van der Waals surface area contributed by atoms with Crippen LogP contribution in [0.15, 0.2) is 24.3 Å². The molecule has 1 aromatic rings. The molecule has 0 aromatic heterocycles. The Labute approximate surface area is 112 Å². The van der Waals surface area contributed by atoms with E-state index in [1.165, 1.54) is 0 Å². The van der Waals surface area contributed by atoms with Crippen LogP contribution in [0.25, 0.3) is 0 Å². The molecule has 0 radical (unpaired) electrons. The van der Waals surface area contributed by atoms with Crippen molar-refractivity contribution in [2.24, 2.45) is 0 Å². The second kappa shape index (κ2) is 5.40. The zero-order valence-corrected chi connectivity index (χ0v) is 12.6. The lowest BCUT2D eigenvalue weighted by molar-refractivity contribution is 0.102. The van der Waals surface area contributed by atoms with Crippen LogP contribution >= 0.6 is 22.6 Å². The summed E-state index contributed by atoms with van der Waals surface area (Å²) in [5.74, 6) is 0.0574. The van der Waals surface area contributed by atoms with E-state index in [0.29, 0.717) is 5.56 Å². The maximum atomic E-state index is 11.9. The Morgan fingerprint density at radius 2 is 1.88 bits per heavy atom. The summed E-state index contributed by atoms with van der Waals surface area (Å²) in [6.45, 7) is 5.64. The van der Waals surface area contributed by atoms with Crippen LogP contribution in [0.5, 0.6) is 0 Å². The Hall–Kier alpha value is -0.230. The number of carbonyl (C=O) groups is 1. The number of hydrogen-bond acceptors (Lipinski definition) is 2. The zero-order chi connectivity index (χ0) is 12.3. The Morgan fingerprint density at radius 3 is 2.38 bits per heavy atom. The molecule has 0 bridgehead atoms. The quantitative estimate of drug-likeness (QED) is 0.620. The first-order valence-electron chi connectivity index (χ1n) is 4.98. The van der Waals surface area contributed by atoms with Gasteiger partial charge in [-0.2, -0.15) is 0 Å². The average molecular weight is 350 g/mol. The second-order valence-corrected chi connectivity index (χ2v) is 7.87. The zero-order valence-electron chi connectivity index (χ0n) is 9.62. The van der Waals surface area contributed by atoms with E-state index in [2.05, 4.69) is 22.6 Å². The summed E-state index contributed by atoms with van der Waals surface area (Å²) in [6.07, 6.45) is 0. The molecule has 0 aliphatic carbocycles. The van der Waals surface area contributed by atoms with E-state index in [1.54, 1.807) is 6.07 Å². The van der Waals surface area contributed by atoms with E-state index < -0.39 is 10.8 Å². The first-order chi connectivity index (χ1) is 7.32. The van der Waals surface area contributed by atoms with Crippen LogP contribution in [-0.2, 0) is 10.8 Å². The first-order valence-corrected chi connectivity index (χ1v) is 7.38. The standard InChI is InChI=1S/C12H15IO2S/c1-12(2,3)16(15)8-11(14)9-6-4-5-7-10(9)13/h4-7H,8H2,1-3H3/t16-/m1/s1.